The monoisotopic (exact) mass is 338 g/mol. The van der Waals surface area contributed by atoms with E-state index in [0.717, 1.165) is 5.56 Å². The van der Waals surface area contributed by atoms with E-state index in [-0.39, 0.29) is 23.5 Å². The molecule has 1 amide bonds. The summed E-state index contributed by atoms with van der Waals surface area (Å²) in [5.74, 6) is -0.493. The molecule has 0 radical (unpaired) electrons. The van der Waals surface area contributed by atoms with Crippen molar-refractivity contribution < 1.29 is 9.59 Å². The Kier molecular flexibility index (Phi) is 8.75. The summed E-state index contributed by atoms with van der Waals surface area (Å²) in [5.41, 5.74) is 11.6. The zero-order valence-corrected chi connectivity index (χ0v) is 13.8. The molecule has 5 N–H and O–H groups in total. The summed E-state index contributed by atoms with van der Waals surface area (Å²) < 4.78 is 0. The number of amides is 1. The van der Waals surface area contributed by atoms with Crippen molar-refractivity contribution in [2.45, 2.75) is 31.7 Å². The van der Waals surface area contributed by atoms with E-state index in [1.807, 2.05) is 30.3 Å². The van der Waals surface area contributed by atoms with E-state index in [0.29, 0.717) is 32.2 Å². The lowest BCUT2D eigenvalue weighted by atomic mass is 10.1. The molecule has 0 aliphatic rings. The van der Waals surface area contributed by atoms with Gasteiger partial charge in [0.05, 0.1) is 11.9 Å². The lowest BCUT2D eigenvalue weighted by molar-refractivity contribution is -0.126. The highest BCUT2D eigenvalue weighted by atomic mass is 35.5. The first kappa shape index (κ1) is 19.0. The molecule has 6 nitrogen and oxygen atoms in total. The van der Waals surface area contributed by atoms with Crippen LogP contribution in [0.15, 0.2) is 35.3 Å². The predicted octanol–water partition coefficient (Wildman–Crippen LogP) is 0.966. The first-order chi connectivity index (χ1) is 11.0. The summed E-state index contributed by atoms with van der Waals surface area (Å²) in [4.78, 5) is 27.7. The summed E-state index contributed by atoms with van der Waals surface area (Å²) in [6.45, 7) is 0.411. The number of nitrogens with zero attached hydrogens (tertiary/aromatic N) is 1. The second kappa shape index (κ2) is 10.6. The normalized spacial score (nSPS) is 11.5. The minimum absolute atomic E-state index is 0.0112. The Balaban J connectivity index is 2.44. The zero-order valence-electron chi connectivity index (χ0n) is 13.0. The van der Waals surface area contributed by atoms with Gasteiger partial charge in [-0.15, -0.1) is 11.6 Å². The number of hydrogen-bond acceptors (Lipinski definition) is 3. The molecule has 0 saturated carbocycles. The number of Topliss-reactive ketones (excluding diaryl/α,β-unsaturated/α-hetero) is 1. The van der Waals surface area contributed by atoms with Crippen molar-refractivity contribution in [1.82, 2.24) is 5.32 Å². The Hall–Kier alpha value is -2.08. The summed E-state index contributed by atoms with van der Waals surface area (Å²) >= 11 is 5.60. The van der Waals surface area contributed by atoms with Crippen LogP contribution in [0.4, 0.5) is 0 Å². The van der Waals surface area contributed by atoms with Crippen LogP contribution in [0.3, 0.4) is 0 Å². The second-order valence-corrected chi connectivity index (χ2v) is 5.42. The maximum atomic E-state index is 12.0. The van der Waals surface area contributed by atoms with Crippen LogP contribution in [0.2, 0.25) is 0 Å². The molecule has 0 fully saturated rings. The van der Waals surface area contributed by atoms with Gasteiger partial charge in [-0.2, -0.15) is 0 Å². The maximum absolute atomic E-state index is 12.0. The Morgan fingerprint density at radius 2 is 1.91 bits per heavy atom. The fourth-order valence-electron chi connectivity index (χ4n) is 2.08. The molecule has 1 aromatic carbocycles. The van der Waals surface area contributed by atoms with Crippen molar-refractivity contribution in [3.05, 3.63) is 35.9 Å². The lowest BCUT2D eigenvalue weighted by Gasteiger charge is -2.16. The van der Waals surface area contributed by atoms with E-state index < -0.39 is 6.04 Å². The smallest absolute Gasteiger partial charge is 0.220 e. The molecule has 23 heavy (non-hydrogen) atoms. The number of benzene rings is 1. The van der Waals surface area contributed by atoms with Gasteiger partial charge in [-0.25, -0.2) is 0 Å². The molecule has 0 saturated heterocycles. The Morgan fingerprint density at radius 1 is 1.22 bits per heavy atom. The molecular formula is C16H23ClN4O2. The van der Waals surface area contributed by atoms with Crippen LogP contribution < -0.4 is 16.8 Å². The third-order valence-electron chi connectivity index (χ3n) is 3.28. The third-order valence-corrected chi connectivity index (χ3v) is 3.55. The fraction of sp³-hybridized carbons (Fsp3) is 0.438. The Bertz CT molecular complexity index is 530. The van der Waals surface area contributed by atoms with Crippen LogP contribution in [-0.2, 0) is 16.0 Å². The van der Waals surface area contributed by atoms with Crippen molar-refractivity contribution in [2.24, 2.45) is 16.5 Å². The highest BCUT2D eigenvalue weighted by Gasteiger charge is 2.19. The molecule has 0 bridgehead atoms. The van der Waals surface area contributed by atoms with Gasteiger partial charge in [-0.05, 0) is 24.8 Å². The minimum atomic E-state index is -0.593. The van der Waals surface area contributed by atoms with E-state index in [2.05, 4.69) is 10.3 Å². The number of carbonyl (C=O) groups is 2. The number of guanidine groups is 1. The van der Waals surface area contributed by atoms with Crippen LogP contribution in [0.25, 0.3) is 0 Å². The van der Waals surface area contributed by atoms with Crippen LogP contribution >= 0.6 is 11.6 Å². The lowest BCUT2D eigenvalue weighted by Crippen LogP contribution is -2.41. The standard InChI is InChI=1S/C16H23ClN4O2/c17-11-14(22)13(7-4-10-20-16(18)19)21-15(23)9-8-12-5-2-1-3-6-12/h1-3,5-6,13H,4,7-11H2,(H,21,23)(H4,18,19,20)/t13-/m0/s1. The second-order valence-electron chi connectivity index (χ2n) is 5.15. The molecule has 1 aromatic rings. The van der Waals surface area contributed by atoms with Gasteiger partial charge < -0.3 is 16.8 Å². The van der Waals surface area contributed by atoms with Crippen LogP contribution in [-0.4, -0.2) is 36.1 Å². The van der Waals surface area contributed by atoms with E-state index in [4.69, 9.17) is 23.1 Å². The van der Waals surface area contributed by atoms with E-state index in [9.17, 15) is 9.59 Å². The summed E-state index contributed by atoms with van der Waals surface area (Å²) in [6, 6.07) is 9.11. The fourth-order valence-corrected chi connectivity index (χ4v) is 2.27. The molecule has 0 spiro atoms. The quantitative estimate of drug-likeness (QED) is 0.255. The number of carbonyl (C=O) groups excluding carboxylic acids is 2. The number of halogens is 1. The van der Waals surface area contributed by atoms with Gasteiger partial charge in [0.2, 0.25) is 5.91 Å². The number of aliphatic imine (C=N–C) groups is 1. The zero-order chi connectivity index (χ0) is 17.1. The average molecular weight is 339 g/mol. The van der Waals surface area contributed by atoms with Gasteiger partial charge in [0.1, 0.15) is 0 Å². The maximum Gasteiger partial charge on any atom is 0.220 e. The summed E-state index contributed by atoms with van der Waals surface area (Å²) in [5, 5.41) is 2.74. The van der Waals surface area contributed by atoms with Gasteiger partial charge >= 0.3 is 0 Å². The number of aryl methyl sites for hydroxylation is 1. The van der Waals surface area contributed by atoms with Gasteiger partial charge in [-0.3, -0.25) is 14.6 Å². The predicted molar refractivity (Wildman–Crippen MR) is 92.3 cm³/mol. The van der Waals surface area contributed by atoms with Gasteiger partial charge in [0.25, 0.3) is 0 Å². The van der Waals surface area contributed by atoms with E-state index in [1.54, 1.807) is 0 Å². The third kappa shape index (κ3) is 8.21. The molecule has 0 aromatic heterocycles. The number of nitrogens with two attached hydrogens (primary N) is 2. The largest absolute Gasteiger partial charge is 0.370 e. The molecule has 0 aliphatic carbocycles. The molecule has 7 heteroatoms. The number of hydrogen-bond donors (Lipinski definition) is 3. The van der Waals surface area contributed by atoms with Crippen molar-refractivity contribution in [2.75, 3.05) is 12.4 Å². The number of ketones is 1. The van der Waals surface area contributed by atoms with Gasteiger partial charge in [0, 0.05) is 13.0 Å². The molecular weight excluding hydrogens is 316 g/mol. The summed E-state index contributed by atoms with van der Waals surface area (Å²) in [6.07, 6.45) is 2.00. The molecule has 0 unspecified atom stereocenters. The van der Waals surface area contributed by atoms with Gasteiger partial charge in [0.15, 0.2) is 11.7 Å². The highest BCUT2D eigenvalue weighted by Crippen LogP contribution is 2.05. The van der Waals surface area contributed by atoms with Crippen LogP contribution in [0.1, 0.15) is 24.8 Å². The van der Waals surface area contributed by atoms with E-state index in [1.165, 1.54) is 0 Å². The van der Waals surface area contributed by atoms with Crippen LogP contribution in [0, 0.1) is 0 Å². The first-order valence-corrected chi connectivity index (χ1v) is 8.03. The van der Waals surface area contributed by atoms with Crippen molar-refractivity contribution in [3.63, 3.8) is 0 Å². The molecule has 126 valence electrons. The Morgan fingerprint density at radius 3 is 2.52 bits per heavy atom. The summed E-state index contributed by atoms with van der Waals surface area (Å²) in [7, 11) is 0. The van der Waals surface area contributed by atoms with Crippen molar-refractivity contribution in [3.8, 4) is 0 Å². The number of nitrogens with one attached hydrogen (secondary N) is 1. The molecule has 1 rings (SSSR count). The Labute approximate surface area is 141 Å². The van der Waals surface area contributed by atoms with Crippen LogP contribution in [0.5, 0.6) is 0 Å². The first-order valence-electron chi connectivity index (χ1n) is 7.50. The topological polar surface area (TPSA) is 111 Å². The average Bonchev–Trinajstić information content (AvgIpc) is 2.55. The highest BCUT2D eigenvalue weighted by molar-refractivity contribution is 6.28. The SMILES string of the molecule is NC(N)=NCCC[C@H](NC(=O)CCc1ccccc1)C(=O)CCl. The van der Waals surface area contributed by atoms with Crippen molar-refractivity contribution >= 4 is 29.3 Å². The van der Waals surface area contributed by atoms with Gasteiger partial charge in [-0.1, -0.05) is 30.3 Å². The number of rotatable bonds is 10. The molecule has 0 heterocycles. The minimum Gasteiger partial charge on any atom is -0.370 e. The number of alkyl halides is 1. The van der Waals surface area contributed by atoms with Crippen molar-refractivity contribution in [1.29, 1.82) is 0 Å². The van der Waals surface area contributed by atoms with E-state index >= 15 is 0 Å². The molecule has 1 atom stereocenters. The molecule has 0 aliphatic heterocycles.